The van der Waals surface area contributed by atoms with Gasteiger partial charge in [0, 0.05) is 23.8 Å². The predicted molar refractivity (Wildman–Crippen MR) is 114 cm³/mol. The largest absolute Gasteiger partial charge is 0 e. The summed E-state index contributed by atoms with van der Waals surface area (Å²) < 4.78 is 22.5. The number of phenolic OH excluding ortho intramolecular Hbond substituents is 1. The van der Waals surface area contributed by atoms with Gasteiger partial charge in [-0.2, -0.15) is 0 Å². The van der Waals surface area contributed by atoms with Crippen LogP contribution in [0, 0.1) is 55.5 Å². The molecule has 1 aliphatic carbocycles. The average Bonchev–Trinajstić information content (AvgIpc) is 2.82. The number of carboxylic acid groups (broad SMARTS) is 1. The van der Waals surface area contributed by atoms with Gasteiger partial charge in [0.05, 0.1) is 0 Å². The Morgan fingerprint density at radius 3 is 1.65 bits per heavy atom. The smallest absolute Gasteiger partial charge is 0 e. The Kier molecular flexibility index (Phi) is 19.0. The Labute approximate surface area is 211 Å². The number of carbonyl (C=O) groups is 2. The molecule has 0 heterocycles. The van der Waals surface area contributed by atoms with Gasteiger partial charge in [0.25, 0.3) is 0 Å². The summed E-state index contributed by atoms with van der Waals surface area (Å²) in [5.74, 6) is 4.26. The molecule has 0 aromatic heterocycles. The number of nitrogens with one attached hydrogen (secondary N) is 1. The zero-order valence-corrected chi connectivity index (χ0v) is 20.6. The summed E-state index contributed by atoms with van der Waals surface area (Å²) in [6.07, 6.45) is 0.644. The Morgan fingerprint density at radius 1 is 0.824 bits per heavy atom. The van der Waals surface area contributed by atoms with E-state index in [0.29, 0.717) is 6.42 Å². The summed E-state index contributed by atoms with van der Waals surface area (Å²) in [4.78, 5) is 23.4. The molecule has 0 atom stereocenters. The summed E-state index contributed by atoms with van der Waals surface area (Å²) in [5.41, 5.74) is -0.677. The first-order valence-corrected chi connectivity index (χ1v) is 9.31. The minimum absolute atomic E-state index is 0. The van der Waals surface area contributed by atoms with E-state index in [1.807, 2.05) is 13.8 Å². The van der Waals surface area contributed by atoms with Gasteiger partial charge in [0.2, 0.25) is 5.91 Å². The number of hydrogen-bond donors (Lipinski definition) is 4. The molecule has 0 bridgehead atoms. The molecule has 9 nitrogen and oxygen atoms in total. The summed E-state index contributed by atoms with van der Waals surface area (Å²) in [6, 6.07) is 2.20. The Bertz CT molecular complexity index is 821. The first kappa shape index (κ1) is 36.1. The van der Waals surface area contributed by atoms with Crippen molar-refractivity contribution in [1.29, 1.82) is 0 Å². The number of aromatic hydroxyl groups is 2. The third-order valence-electron chi connectivity index (χ3n) is 5.41. The van der Waals surface area contributed by atoms with Gasteiger partial charge >= 0.3 is 39.9 Å². The molecule has 0 spiro atoms. The van der Waals surface area contributed by atoms with Gasteiger partial charge < -0.3 is 20.6 Å². The number of carboxylic acids is 1. The van der Waals surface area contributed by atoms with Gasteiger partial charge in [-0.1, -0.05) is 34.6 Å². The van der Waals surface area contributed by atoms with Crippen LogP contribution in [0.3, 0.4) is 0 Å². The van der Waals surface area contributed by atoms with Crippen molar-refractivity contribution in [2.45, 2.75) is 47.5 Å². The SMILES string of the molecule is C[C]1[C](C)[C](C)[C](CCC(=O)Nc2c(O)ccc(C(=O)O)c2O)[C](C)[C]1C.[C-]#[O+].[C-]#[O+].[C-]#[O+].[Cr]. The maximum Gasteiger partial charge on any atom is 0 e. The van der Waals surface area contributed by atoms with Gasteiger partial charge in [0.15, 0.2) is 5.75 Å². The van der Waals surface area contributed by atoms with Crippen LogP contribution < -0.4 is 5.32 Å². The molecule has 1 fully saturated rings. The molecule has 2 rings (SSSR count). The number of hydrogen-bond acceptors (Lipinski definition) is 4. The molecule has 1 aromatic carbocycles. The zero-order chi connectivity index (χ0) is 26.5. The quantitative estimate of drug-likeness (QED) is 0.268. The monoisotopic (exact) mass is 507 g/mol. The van der Waals surface area contributed by atoms with Crippen molar-refractivity contribution in [1.82, 2.24) is 0 Å². The van der Waals surface area contributed by atoms with E-state index in [0.717, 1.165) is 29.9 Å². The molecule has 0 aliphatic heterocycles. The van der Waals surface area contributed by atoms with E-state index in [4.69, 9.17) is 19.1 Å². The summed E-state index contributed by atoms with van der Waals surface area (Å²) >= 11 is 0. The fourth-order valence-corrected chi connectivity index (χ4v) is 3.27. The maximum atomic E-state index is 12.4. The second kappa shape index (κ2) is 17.9. The van der Waals surface area contributed by atoms with Gasteiger partial charge in [-0.15, -0.1) is 0 Å². The Morgan fingerprint density at radius 2 is 1.24 bits per heavy atom. The number of anilines is 1. The maximum absolute atomic E-state index is 12.4. The van der Waals surface area contributed by atoms with E-state index in [1.165, 1.54) is 17.8 Å². The van der Waals surface area contributed by atoms with E-state index < -0.39 is 17.6 Å². The third-order valence-corrected chi connectivity index (χ3v) is 5.41. The van der Waals surface area contributed by atoms with Crippen LogP contribution >= 0.6 is 0 Å². The van der Waals surface area contributed by atoms with Crippen molar-refractivity contribution in [2.75, 3.05) is 5.32 Å². The molecule has 10 heteroatoms. The fourth-order valence-electron chi connectivity index (χ4n) is 3.27. The van der Waals surface area contributed by atoms with E-state index in [1.54, 1.807) is 0 Å². The molecule has 180 valence electrons. The van der Waals surface area contributed by atoms with Crippen LogP contribution in [0.1, 0.15) is 57.8 Å². The van der Waals surface area contributed by atoms with Crippen LogP contribution in [0.15, 0.2) is 12.1 Å². The van der Waals surface area contributed by atoms with Crippen molar-refractivity contribution in [3.63, 3.8) is 0 Å². The molecule has 0 saturated heterocycles. The van der Waals surface area contributed by atoms with E-state index >= 15 is 0 Å². The van der Waals surface area contributed by atoms with E-state index in [9.17, 15) is 19.8 Å². The molecule has 6 radical (unpaired) electrons. The number of benzene rings is 1. The average molecular weight is 507 g/mol. The predicted octanol–water partition coefficient (Wildman–Crippen LogP) is 3.96. The molecule has 34 heavy (non-hydrogen) atoms. The number of rotatable bonds is 5. The number of amides is 1. The zero-order valence-electron chi connectivity index (χ0n) is 19.4. The molecule has 1 aromatic rings. The van der Waals surface area contributed by atoms with Crippen LogP contribution in [0.25, 0.3) is 0 Å². The van der Waals surface area contributed by atoms with E-state index in [-0.39, 0.29) is 40.8 Å². The number of carbonyl (C=O) groups excluding carboxylic acids is 1. The topological polar surface area (TPSA) is 167 Å². The number of phenols is 2. The minimum atomic E-state index is -1.35. The number of aromatic carboxylic acids is 1. The molecule has 0 unspecified atom stereocenters. The van der Waals surface area contributed by atoms with Crippen molar-refractivity contribution >= 4 is 17.6 Å². The third kappa shape index (κ3) is 9.04. The van der Waals surface area contributed by atoms with Crippen molar-refractivity contribution in [3.8, 4) is 11.5 Å². The van der Waals surface area contributed by atoms with Gasteiger partial charge in [-0.3, -0.25) is 4.79 Å². The normalized spacial score (nSPS) is 15.0. The molecular formula is C24H25CrNO8. The van der Waals surface area contributed by atoms with Crippen molar-refractivity contribution < 1.29 is 56.2 Å². The molecule has 1 aliphatic rings. The second-order valence-electron chi connectivity index (χ2n) is 6.81. The summed E-state index contributed by atoms with van der Waals surface area (Å²) in [6.45, 7) is 23.8. The Balaban J connectivity index is -0.00000127. The first-order valence-electron chi connectivity index (χ1n) is 9.31. The summed E-state index contributed by atoms with van der Waals surface area (Å²) in [5, 5.41) is 31.3. The van der Waals surface area contributed by atoms with Crippen LogP contribution in [0.2, 0.25) is 0 Å². The van der Waals surface area contributed by atoms with E-state index in [2.05, 4.69) is 46.0 Å². The van der Waals surface area contributed by atoms with Gasteiger partial charge in [0.1, 0.15) is 17.0 Å². The van der Waals surface area contributed by atoms with Crippen LogP contribution in [0.4, 0.5) is 5.69 Å². The molecule has 1 amide bonds. The van der Waals surface area contributed by atoms with Crippen molar-refractivity contribution in [3.05, 3.63) is 73.2 Å². The van der Waals surface area contributed by atoms with Crippen LogP contribution in [0.5, 0.6) is 11.5 Å². The van der Waals surface area contributed by atoms with Gasteiger partial charge in [-0.05, 0) is 54.1 Å². The molecule has 4 N–H and O–H groups in total. The summed E-state index contributed by atoms with van der Waals surface area (Å²) in [7, 11) is 0. The first-order chi connectivity index (χ1) is 15.6. The minimum Gasteiger partial charge on any atom is 0 e. The van der Waals surface area contributed by atoms with Crippen LogP contribution in [-0.4, -0.2) is 27.2 Å². The molecule has 1 saturated carbocycles. The standard InChI is InChI=1S/C21H25NO5.3CO.Cr/c1-10-11(2)13(4)15(14(5)12(10)3)7-9-18(24)22-19-17(23)8-6-16(20(19)25)21(26)27;3*1-2;/h6,8,23,25H,7,9H2,1-5H3,(H,22,24)(H,26,27);;;;. The fraction of sp³-hybridized carbons (Fsp3) is 0.292. The Hall–Kier alpha value is -2.49. The molecular weight excluding hydrogens is 482 g/mol. The van der Waals surface area contributed by atoms with Gasteiger partial charge in [-0.25, -0.2) is 4.79 Å². The second-order valence-corrected chi connectivity index (χ2v) is 6.81. The van der Waals surface area contributed by atoms with Crippen LogP contribution in [-0.2, 0) is 36.1 Å². The van der Waals surface area contributed by atoms with Crippen molar-refractivity contribution in [2.24, 2.45) is 0 Å².